The number of nitrogens with zero attached hydrogens (tertiary/aromatic N) is 1. The lowest BCUT2D eigenvalue weighted by Gasteiger charge is -2.14. The first-order valence-electron chi connectivity index (χ1n) is 8.97. The lowest BCUT2D eigenvalue weighted by molar-refractivity contribution is 0.0947. The van der Waals surface area contributed by atoms with Gasteiger partial charge in [-0.25, -0.2) is 0 Å². The number of hydrogen-bond acceptors (Lipinski definition) is 2. The molecule has 1 saturated carbocycles. The first-order chi connectivity index (χ1) is 12.1. The number of rotatable bonds is 5. The molecule has 2 aromatic rings. The van der Waals surface area contributed by atoms with Gasteiger partial charge in [-0.2, -0.15) is 0 Å². The molecule has 0 spiro atoms. The number of benzene rings is 1. The molecule has 136 valence electrons. The highest BCUT2D eigenvalue weighted by Gasteiger charge is 2.20. The van der Waals surface area contributed by atoms with E-state index in [-0.39, 0.29) is 12.5 Å². The number of aliphatic hydroxyl groups excluding tert-OH is 1. The summed E-state index contributed by atoms with van der Waals surface area (Å²) in [6, 6.07) is 3.73. The quantitative estimate of drug-likeness (QED) is 0.677. The molecule has 1 heterocycles. The summed E-state index contributed by atoms with van der Waals surface area (Å²) >= 11 is 9.85. The minimum atomic E-state index is -0.0878. The average molecular weight is 428 g/mol. The summed E-state index contributed by atoms with van der Waals surface area (Å²) in [5.41, 5.74) is 1.43. The van der Waals surface area contributed by atoms with Crippen LogP contribution in [0.1, 0.15) is 48.9 Å². The van der Waals surface area contributed by atoms with Crippen molar-refractivity contribution >= 4 is 44.3 Å². The van der Waals surface area contributed by atoms with Crippen molar-refractivity contribution < 1.29 is 9.90 Å². The number of fused-ring (bicyclic) bond motifs is 1. The maximum Gasteiger partial charge on any atom is 0.253 e. The van der Waals surface area contributed by atoms with Crippen molar-refractivity contribution in [3.8, 4) is 0 Å². The van der Waals surface area contributed by atoms with E-state index in [1.165, 1.54) is 38.5 Å². The van der Waals surface area contributed by atoms with Crippen LogP contribution in [-0.2, 0) is 6.54 Å². The SMILES string of the molecule is O=C(NCC1CCCCCC1)c1cn(CCO)c2cc(Br)cc(Cl)c12. The molecule has 1 aromatic carbocycles. The highest BCUT2D eigenvalue weighted by atomic mass is 79.9. The molecule has 1 fully saturated rings. The molecule has 1 aromatic heterocycles. The molecule has 3 rings (SSSR count). The Labute approximate surface area is 161 Å². The van der Waals surface area contributed by atoms with Crippen LogP contribution in [0.25, 0.3) is 10.9 Å². The Morgan fingerprint density at radius 3 is 2.68 bits per heavy atom. The van der Waals surface area contributed by atoms with Gasteiger partial charge in [0.2, 0.25) is 0 Å². The number of amides is 1. The normalized spacial score (nSPS) is 16.1. The number of halogens is 2. The van der Waals surface area contributed by atoms with Crippen LogP contribution in [0.15, 0.2) is 22.8 Å². The summed E-state index contributed by atoms with van der Waals surface area (Å²) in [5, 5.41) is 13.7. The van der Waals surface area contributed by atoms with Crippen molar-refractivity contribution in [3.05, 3.63) is 33.4 Å². The predicted octanol–water partition coefficient (Wildman–Crippen LogP) is 4.75. The Morgan fingerprint density at radius 1 is 1.28 bits per heavy atom. The third kappa shape index (κ3) is 4.39. The third-order valence-electron chi connectivity index (χ3n) is 5.01. The summed E-state index contributed by atoms with van der Waals surface area (Å²) in [4.78, 5) is 12.8. The first kappa shape index (κ1) is 18.7. The van der Waals surface area contributed by atoms with Gasteiger partial charge >= 0.3 is 0 Å². The predicted molar refractivity (Wildman–Crippen MR) is 105 cm³/mol. The molecule has 1 aliphatic rings. The van der Waals surface area contributed by atoms with E-state index in [0.717, 1.165) is 21.9 Å². The van der Waals surface area contributed by atoms with Gasteiger partial charge in [-0.1, -0.05) is 53.2 Å². The van der Waals surface area contributed by atoms with Crippen LogP contribution in [-0.4, -0.2) is 28.7 Å². The van der Waals surface area contributed by atoms with E-state index in [2.05, 4.69) is 21.2 Å². The van der Waals surface area contributed by atoms with E-state index >= 15 is 0 Å². The van der Waals surface area contributed by atoms with Gasteiger partial charge in [0.1, 0.15) is 0 Å². The van der Waals surface area contributed by atoms with Crippen molar-refractivity contribution in [3.63, 3.8) is 0 Å². The summed E-state index contributed by atoms with van der Waals surface area (Å²) < 4.78 is 2.74. The number of hydrogen-bond donors (Lipinski definition) is 2. The zero-order valence-corrected chi connectivity index (χ0v) is 16.6. The van der Waals surface area contributed by atoms with Gasteiger partial charge in [-0.05, 0) is 30.9 Å². The molecule has 6 heteroatoms. The van der Waals surface area contributed by atoms with Gasteiger partial charge in [-0.15, -0.1) is 0 Å². The van der Waals surface area contributed by atoms with E-state index in [9.17, 15) is 9.90 Å². The van der Waals surface area contributed by atoms with E-state index in [1.807, 2.05) is 10.6 Å². The zero-order valence-electron chi connectivity index (χ0n) is 14.2. The van der Waals surface area contributed by atoms with Crippen LogP contribution in [0.4, 0.5) is 0 Å². The van der Waals surface area contributed by atoms with Gasteiger partial charge in [0.25, 0.3) is 5.91 Å². The molecule has 0 radical (unpaired) electrons. The molecule has 0 bridgehead atoms. The molecule has 0 saturated heterocycles. The van der Waals surface area contributed by atoms with E-state index in [0.29, 0.717) is 23.0 Å². The smallest absolute Gasteiger partial charge is 0.253 e. The molecule has 0 atom stereocenters. The van der Waals surface area contributed by atoms with Crippen molar-refractivity contribution in [2.24, 2.45) is 5.92 Å². The minimum absolute atomic E-state index is 0.0110. The molecular formula is C19H24BrClN2O2. The Bertz CT molecular complexity index is 751. The largest absolute Gasteiger partial charge is 0.395 e. The van der Waals surface area contributed by atoms with Gasteiger partial charge in [0.05, 0.1) is 22.7 Å². The fraction of sp³-hybridized carbons (Fsp3) is 0.526. The first-order valence-corrected chi connectivity index (χ1v) is 10.1. The topological polar surface area (TPSA) is 54.3 Å². The third-order valence-corrected chi connectivity index (χ3v) is 5.77. The number of aromatic nitrogens is 1. The van der Waals surface area contributed by atoms with Crippen molar-refractivity contribution in [1.29, 1.82) is 0 Å². The molecule has 0 aliphatic heterocycles. The molecule has 2 N–H and O–H groups in total. The second-order valence-electron chi connectivity index (χ2n) is 6.81. The number of nitrogens with one attached hydrogen (secondary N) is 1. The second-order valence-corrected chi connectivity index (χ2v) is 8.13. The van der Waals surface area contributed by atoms with Crippen LogP contribution in [0.2, 0.25) is 5.02 Å². The number of carbonyl (C=O) groups excluding carboxylic acids is 1. The Kier molecular flexibility index (Phi) is 6.42. The lowest BCUT2D eigenvalue weighted by atomic mass is 10.0. The highest BCUT2D eigenvalue weighted by molar-refractivity contribution is 9.10. The van der Waals surface area contributed by atoms with Crippen molar-refractivity contribution in [1.82, 2.24) is 9.88 Å². The van der Waals surface area contributed by atoms with Crippen LogP contribution >= 0.6 is 27.5 Å². The zero-order chi connectivity index (χ0) is 17.8. The van der Waals surface area contributed by atoms with Gasteiger partial charge in [0.15, 0.2) is 0 Å². The average Bonchev–Trinajstić information content (AvgIpc) is 2.77. The Balaban J connectivity index is 1.83. The van der Waals surface area contributed by atoms with Crippen LogP contribution < -0.4 is 5.32 Å². The maximum atomic E-state index is 12.8. The molecule has 1 aliphatic carbocycles. The summed E-state index contributed by atoms with van der Waals surface area (Å²) in [6.07, 6.45) is 9.32. The Hall–Kier alpha value is -1.04. The standard InChI is InChI=1S/C19H24BrClN2O2/c20-14-9-16(21)18-15(12-23(7-8-24)17(18)10-14)19(25)22-11-13-5-3-1-2-4-6-13/h9-10,12-13,24H,1-8,11H2,(H,22,25). The van der Waals surface area contributed by atoms with Crippen molar-refractivity contribution in [2.45, 2.75) is 45.1 Å². The van der Waals surface area contributed by atoms with Gasteiger partial charge in [-0.3, -0.25) is 4.79 Å². The summed E-state index contributed by atoms with van der Waals surface area (Å²) in [6.45, 7) is 1.16. The monoisotopic (exact) mass is 426 g/mol. The highest BCUT2D eigenvalue weighted by Crippen LogP contribution is 2.32. The van der Waals surface area contributed by atoms with E-state index in [1.54, 1.807) is 12.3 Å². The molecule has 4 nitrogen and oxygen atoms in total. The molecule has 1 amide bonds. The molecular weight excluding hydrogens is 404 g/mol. The minimum Gasteiger partial charge on any atom is -0.395 e. The maximum absolute atomic E-state index is 12.8. The van der Waals surface area contributed by atoms with E-state index in [4.69, 9.17) is 11.6 Å². The molecule has 0 unspecified atom stereocenters. The lowest BCUT2D eigenvalue weighted by Crippen LogP contribution is -2.29. The fourth-order valence-corrected chi connectivity index (χ4v) is 4.60. The van der Waals surface area contributed by atoms with Gasteiger partial charge < -0.3 is 15.0 Å². The summed E-state index contributed by atoms with van der Waals surface area (Å²) in [7, 11) is 0. The van der Waals surface area contributed by atoms with E-state index < -0.39 is 0 Å². The van der Waals surface area contributed by atoms with Gasteiger partial charge in [0, 0.05) is 29.1 Å². The fourth-order valence-electron chi connectivity index (χ4n) is 3.71. The van der Waals surface area contributed by atoms with Crippen LogP contribution in [0.5, 0.6) is 0 Å². The Morgan fingerprint density at radius 2 is 2.00 bits per heavy atom. The summed E-state index contributed by atoms with van der Waals surface area (Å²) in [5.74, 6) is 0.483. The van der Waals surface area contributed by atoms with Crippen LogP contribution in [0.3, 0.4) is 0 Å². The van der Waals surface area contributed by atoms with Crippen molar-refractivity contribution in [2.75, 3.05) is 13.2 Å². The number of aliphatic hydroxyl groups is 1. The van der Waals surface area contributed by atoms with Crippen LogP contribution in [0, 0.1) is 5.92 Å². The molecule has 25 heavy (non-hydrogen) atoms. The second kappa shape index (κ2) is 8.56. The number of carbonyl (C=O) groups is 1.